The van der Waals surface area contributed by atoms with Crippen LogP contribution < -0.4 is 5.32 Å². The maximum absolute atomic E-state index is 5.93. The molecule has 1 aromatic carbocycles. The normalized spacial score (nSPS) is 24.9. The van der Waals surface area contributed by atoms with Gasteiger partial charge in [0.2, 0.25) is 0 Å². The summed E-state index contributed by atoms with van der Waals surface area (Å²) in [5.41, 5.74) is 1.19. The highest BCUT2D eigenvalue weighted by molar-refractivity contribution is 6.30. The van der Waals surface area contributed by atoms with Gasteiger partial charge < -0.3 is 10.1 Å². The van der Waals surface area contributed by atoms with Gasteiger partial charge in [0, 0.05) is 11.1 Å². The quantitative estimate of drug-likeness (QED) is 0.872. The highest BCUT2D eigenvalue weighted by Crippen LogP contribution is 2.23. The van der Waals surface area contributed by atoms with Crippen LogP contribution in [0.15, 0.2) is 24.3 Å². The van der Waals surface area contributed by atoms with E-state index < -0.39 is 0 Å². The third kappa shape index (κ3) is 2.97. The Balaban J connectivity index is 1.85. The molecule has 1 N–H and O–H groups in total. The zero-order chi connectivity index (χ0) is 11.4. The minimum atomic E-state index is 0.362. The lowest BCUT2D eigenvalue weighted by atomic mass is 10.2. The Labute approximate surface area is 102 Å². The monoisotopic (exact) mass is 239 g/mol. The van der Waals surface area contributed by atoms with E-state index in [4.69, 9.17) is 16.3 Å². The van der Waals surface area contributed by atoms with Gasteiger partial charge in [0.05, 0.1) is 12.7 Å². The number of benzene rings is 1. The number of likely N-dealkylation sites (N-methyl/N-ethyl adjacent to an activating group) is 1. The van der Waals surface area contributed by atoms with Crippen molar-refractivity contribution >= 4 is 11.6 Å². The minimum Gasteiger partial charge on any atom is -0.372 e. The summed E-state index contributed by atoms with van der Waals surface area (Å²) < 4.78 is 5.93. The molecule has 1 aliphatic carbocycles. The van der Waals surface area contributed by atoms with Crippen molar-refractivity contribution in [1.29, 1.82) is 0 Å². The molecule has 1 saturated carbocycles. The lowest BCUT2D eigenvalue weighted by molar-refractivity contribution is 0.0295. The molecule has 2 nitrogen and oxygen atoms in total. The summed E-state index contributed by atoms with van der Waals surface area (Å²) in [6.07, 6.45) is 4.01. The molecular formula is C13H18ClNO. The van der Waals surface area contributed by atoms with Crippen LogP contribution in [0.3, 0.4) is 0 Å². The Kier molecular flexibility index (Phi) is 4.22. The van der Waals surface area contributed by atoms with E-state index in [2.05, 4.69) is 5.32 Å². The SMILES string of the molecule is CNC1CCCC1OCc1ccc(Cl)cc1. The van der Waals surface area contributed by atoms with Gasteiger partial charge in [0.1, 0.15) is 0 Å². The highest BCUT2D eigenvalue weighted by Gasteiger charge is 2.26. The summed E-state index contributed by atoms with van der Waals surface area (Å²) >= 11 is 5.83. The second-order valence-corrected chi connectivity index (χ2v) is 4.74. The fraction of sp³-hybridized carbons (Fsp3) is 0.538. The van der Waals surface area contributed by atoms with Crippen molar-refractivity contribution in [3.05, 3.63) is 34.9 Å². The van der Waals surface area contributed by atoms with Crippen LogP contribution in [-0.4, -0.2) is 19.2 Å². The van der Waals surface area contributed by atoms with E-state index in [1.54, 1.807) is 0 Å². The lowest BCUT2D eigenvalue weighted by Gasteiger charge is -2.19. The first-order valence-corrected chi connectivity index (χ1v) is 6.20. The molecule has 1 aliphatic rings. The molecule has 0 heterocycles. The first-order valence-electron chi connectivity index (χ1n) is 5.83. The van der Waals surface area contributed by atoms with Crippen LogP contribution in [-0.2, 0) is 11.3 Å². The molecule has 0 saturated heterocycles. The molecule has 3 heteroatoms. The molecule has 2 unspecified atom stereocenters. The van der Waals surface area contributed by atoms with E-state index in [0.29, 0.717) is 18.8 Å². The van der Waals surface area contributed by atoms with Crippen LogP contribution in [0.25, 0.3) is 0 Å². The molecule has 1 fully saturated rings. The standard InChI is InChI=1S/C13H18ClNO/c1-15-12-3-2-4-13(12)16-9-10-5-7-11(14)8-6-10/h5-8,12-13,15H,2-4,9H2,1H3. The number of nitrogens with one attached hydrogen (secondary N) is 1. The molecule has 0 amide bonds. The van der Waals surface area contributed by atoms with Crippen LogP contribution in [0.5, 0.6) is 0 Å². The van der Waals surface area contributed by atoms with Crippen molar-refractivity contribution in [2.75, 3.05) is 7.05 Å². The number of hydrogen-bond donors (Lipinski definition) is 1. The first-order chi connectivity index (χ1) is 7.79. The van der Waals surface area contributed by atoms with E-state index in [1.807, 2.05) is 31.3 Å². The predicted octanol–water partition coefficient (Wildman–Crippen LogP) is 3.00. The van der Waals surface area contributed by atoms with Crippen molar-refractivity contribution in [3.63, 3.8) is 0 Å². The van der Waals surface area contributed by atoms with Crippen LogP contribution in [0, 0.1) is 0 Å². The molecular weight excluding hydrogens is 222 g/mol. The van der Waals surface area contributed by atoms with E-state index in [0.717, 1.165) is 5.02 Å². The van der Waals surface area contributed by atoms with Crippen LogP contribution >= 0.6 is 11.6 Å². The van der Waals surface area contributed by atoms with Crippen molar-refractivity contribution in [2.45, 2.75) is 38.0 Å². The van der Waals surface area contributed by atoms with Crippen LogP contribution in [0.2, 0.25) is 5.02 Å². The van der Waals surface area contributed by atoms with Gasteiger partial charge >= 0.3 is 0 Å². The lowest BCUT2D eigenvalue weighted by Crippen LogP contribution is -2.34. The molecule has 0 aromatic heterocycles. The maximum Gasteiger partial charge on any atom is 0.0732 e. The van der Waals surface area contributed by atoms with Gasteiger partial charge in [0.25, 0.3) is 0 Å². The molecule has 0 spiro atoms. The molecule has 0 bridgehead atoms. The molecule has 16 heavy (non-hydrogen) atoms. The molecule has 88 valence electrons. The van der Waals surface area contributed by atoms with Crippen LogP contribution in [0.1, 0.15) is 24.8 Å². The van der Waals surface area contributed by atoms with Crippen molar-refractivity contribution < 1.29 is 4.74 Å². The van der Waals surface area contributed by atoms with Crippen LogP contribution in [0.4, 0.5) is 0 Å². The fourth-order valence-corrected chi connectivity index (χ4v) is 2.37. The van der Waals surface area contributed by atoms with E-state index in [9.17, 15) is 0 Å². The first kappa shape index (κ1) is 11.9. The summed E-state index contributed by atoms with van der Waals surface area (Å²) in [5.74, 6) is 0. The Hall–Kier alpha value is -0.570. The third-order valence-electron chi connectivity index (χ3n) is 3.20. The Morgan fingerprint density at radius 2 is 2.06 bits per heavy atom. The summed E-state index contributed by atoms with van der Waals surface area (Å²) in [6.45, 7) is 0.681. The summed E-state index contributed by atoms with van der Waals surface area (Å²) in [6, 6.07) is 8.37. The molecule has 2 rings (SSSR count). The summed E-state index contributed by atoms with van der Waals surface area (Å²) in [5, 5.41) is 4.09. The van der Waals surface area contributed by atoms with Gasteiger partial charge in [-0.15, -0.1) is 0 Å². The van der Waals surface area contributed by atoms with Gasteiger partial charge in [0.15, 0.2) is 0 Å². The van der Waals surface area contributed by atoms with Gasteiger partial charge in [-0.1, -0.05) is 23.7 Å². The Morgan fingerprint density at radius 3 is 2.75 bits per heavy atom. The van der Waals surface area contributed by atoms with E-state index in [-0.39, 0.29) is 0 Å². The van der Waals surface area contributed by atoms with E-state index in [1.165, 1.54) is 24.8 Å². The molecule has 0 aliphatic heterocycles. The van der Waals surface area contributed by atoms with Gasteiger partial charge in [-0.05, 0) is 44.0 Å². The van der Waals surface area contributed by atoms with Gasteiger partial charge in [-0.3, -0.25) is 0 Å². The second kappa shape index (κ2) is 5.67. The van der Waals surface area contributed by atoms with Crippen molar-refractivity contribution in [2.24, 2.45) is 0 Å². The maximum atomic E-state index is 5.93. The average molecular weight is 240 g/mol. The minimum absolute atomic E-state index is 0.362. The third-order valence-corrected chi connectivity index (χ3v) is 3.45. The molecule has 0 radical (unpaired) electrons. The second-order valence-electron chi connectivity index (χ2n) is 4.30. The highest BCUT2D eigenvalue weighted by atomic mass is 35.5. The van der Waals surface area contributed by atoms with E-state index >= 15 is 0 Å². The average Bonchev–Trinajstić information content (AvgIpc) is 2.76. The molecule has 2 atom stereocenters. The fourth-order valence-electron chi connectivity index (χ4n) is 2.24. The number of hydrogen-bond acceptors (Lipinski definition) is 2. The van der Waals surface area contributed by atoms with Gasteiger partial charge in [-0.2, -0.15) is 0 Å². The smallest absolute Gasteiger partial charge is 0.0732 e. The largest absolute Gasteiger partial charge is 0.372 e. The zero-order valence-corrected chi connectivity index (χ0v) is 10.3. The Morgan fingerprint density at radius 1 is 1.31 bits per heavy atom. The number of rotatable bonds is 4. The topological polar surface area (TPSA) is 21.3 Å². The van der Waals surface area contributed by atoms with Gasteiger partial charge in [-0.25, -0.2) is 0 Å². The molecule has 1 aromatic rings. The number of halogens is 1. The summed E-state index contributed by atoms with van der Waals surface area (Å²) in [4.78, 5) is 0. The number of ether oxygens (including phenoxy) is 1. The predicted molar refractivity (Wildman–Crippen MR) is 66.7 cm³/mol. The zero-order valence-electron chi connectivity index (χ0n) is 9.58. The Bertz CT molecular complexity index is 325. The van der Waals surface area contributed by atoms with Crippen molar-refractivity contribution in [3.8, 4) is 0 Å². The van der Waals surface area contributed by atoms with Crippen molar-refractivity contribution in [1.82, 2.24) is 5.32 Å². The summed E-state index contributed by atoms with van der Waals surface area (Å²) in [7, 11) is 2.01.